The zero-order valence-electron chi connectivity index (χ0n) is 5.89. The topological polar surface area (TPSA) is 18.5 Å². The van der Waals surface area contributed by atoms with Crippen LogP contribution in [0.15, 0.2) is 0 Å². The van der Waals surface area contributed by atoms with Gasteiger partial charge in [0.1, 0.15) is 5.56 Å². The van der Waals surface area contributed by atoms with Crippen molar-refractivity contribution < 1.29 is 9.47 Å². The summed E-state index contributed by atoms with van der Waals surface area (Å²) < 4.78 is 9.98. The summed E-state index contributed by atoms with van der Waals surface area (Å²) in [6.07, 6.45) is 0. The minimum absolute atomic E-state index is 0.203. The van der Waals surface area contributed by atoms with Crippen molar-refractivity contribution in [1.29, 1.82) is 0 Å². The highest BCUT2D eigenvalue weighted by molar-refractivity contribution is 6.19. The van der Waals surface area contributed by atoms with Crippen LogP contribution in [0.3, 0.4) is 0 Å². The van der Waals surface area contributed by atoms with Crippen molar-refractivity contribution in [3.63, 3.8) is 0 Å². The molecule has 2 nitrogen and oxygen atoms in total. The standard InChI is InChI=1S/C6H13ClO2/c1-3-8-4-5-9-6(2)7/h6H,3-5H2,1-2H3. The third-order valence-corrected chi connectivity index (χ3v) is 0.905. The van der Waals surface area contributed by atoms with Gasteiger partial charge in [-0.15, -0.1) is 0 Å². The first kappa shape index (κ1) is 9.21. The Morgan fingerprint density at radius 1 is 1.44 bits per heavy atom. The predicted molar refractivity (Wildman–Crippen MR) is 37.8 cm³/mol. The summed E-state index contributed by atoms with van der Waals surface area (Å²) in [6, 6.07) is 0. The summed E-state index contributed by atoms with van der Waals surface area (Å²) in [7, 11) is 0. The van der Waals surface area contributed by atoms with Crippen molar-refractivity contribution in [2.45, 2.75) is 19.4 Å². The van der Waals surface area contributed by atoms with Gasteiger partial charge < -0.3 is 9.47 Å². The summed E-state index contributed by atoms with van der Waals surface area (Å²) in [5, 5.41) is 0. The number of hydrogen-bond donors (Lipinski definition) is 0. The molecular formula is C6H13ClO2. The van der Waals surface area contributed by atoms with Gasteiger partial charge in [0.25, 0.3) is 0 Å². The van der Waals surface area contributed by atoms with E-state index in [1.165, 1.54) is 0 Å². The molecule has 0 saturated carbocycles. The van der Waals surface area contributed by atoms with E-state index in [1.54, 1.807) is 6.92 Å². The van der Waals surface area contributed by atoms with Crippen LogP contribution in [0.1, 0.15) is 13.8 Å². The zero-order valence-corrected chi connectivity index (χ0v) is 6.65. The Bertz CT molecular complexity index is 57.0. The van der Waals surface area contributed by atoms with Gasteiger partial charge in [-0.25, -0.2) is 0 Å². The van der Waals surface area contributed by atoms with Crippen molar-refractivity contribution in [1.82, 2.24) is 0 Å². The lowest BCUT2D eigenvalue weighted by molar-refractivity contribution is 0.0448. The number of ether oxygens (including phenoxy) is 2. The first-order valence-electron chi connectivity index (χ1n) is 3.10. The molecule has 0 heterocycles. The molecule has 0 aliphatic heterocycles. The van der Waals surface area contributed by atoms with Gasteiger partial charge in [0.05, 0.1) is 13.2 Å². The van der Waals surface area contributed by atoms with Crippen LogP contribution in [0, 0.1) is 0 Å². The van der Waals surface area contributed by atoms with E-state index in [-0.39, 0.29) is 5.56 Å². The Morgan fingerprint density at radius 3 is 2.56 bits per heavy atom. The Morgan fingerprint density at radius 2 is 2.11 bits per heavy atom. The molecule has 1 unspecified atom stereocenters. The quantitative estimate of drug-likeness (QED) is 0.440. The van der Waals surface area contributed by atoms with E-state index in [2.05, 4.69) is 0 Å². The molecular weight excluding hydrogens is 140 g/mol. The van der Waals surface area contributed by atoms with Crippen LogP contribution in [-0.2, 0) is 9.47 Å². The van der Waals surface area contributed by atoms with Crippen LogP contribution in [0.2, 0.25) is 0 Å². The van der Waals surface area contributed by atoms with E-state index in [0.29, 0.717) is 13.2 Å². The van der Waals surface area contributed by atoms with E-state index in [1.807, 2.05) is 6.92 Å². The highest BCUT2D eigenvalue weighted by atomic mass is 35.5. The van der Waals surface area contributed by atoms with Crippen LogP contribution in [0.25, 0.3) is 0 Å². The van der Waals surface area contributed by atoms with Crippen molar-refractivity contribution in [3.8, 4) is 0 Å². The van der Waals surface area contributed by atoms with Gasteiger partial charge in [0.2, 0.25) is 0 Å². The predicted octanol–water partition coefficient (Wildman–Crippen LogP) is 1.62. The molecule has 0 amide bonds. The van der Waals surface area contributed by atoms with E-state index in [9.17, 15) is 0 Å². The number of alkyl halides is 1. The smallest absolute Gasteiger partial charge is 0.128 e. The molecule has 0 saturated heterocycles. The fourth-order valence-electron chi connectivity index (χ4n) is 0.414. The molecule has 0 aliphatic carbocycles. The van der Waals surface area contributed by atoms with Crippen LogP contribution in [-0.4, -0.2) is 25.4 Å². The Kier molecular flexibility index (Phi) is 6.48. The highest BCUT2D eigenvalue weighted by Crippen LogP contribution is 1.94. The highest BCUT2D eigenvalue weighted by Gasteiger charge is 1.92. The SMILES string of the molecule is CCOCCOC(C)Cl. The third-order valence-electron chi connectivity index (χ3n) is 0.779. The molecule has 0 aliphatic rings. The van der Waals surface area contributed by atoms with Gasteiger partial charge in [-0.05, 0) is 13.8 Å². The Hall–Kier alpha value is 0.210. The number of hydrogen-bond acceptors (Lipinski definition) is 2. The van der Waals surface area contributed by atoms with Gasteiger partial charge >= 0.3 is 0 Å². The minimum atomic E-state index is -0.203. The maximum absolute atomic E-state index is 5.48. The molecule has 0 N–H and O–H groups in total. The second kappa shape index (κ2) is 6.33. The summed E-state index contributed by atoms with van der Waals surface area (Å²) >= 11 is 5.48. The molecule has 0 aromatic carbocycles. The van der Waals surface area contributed by atoms with Crippen molar-refractivity contribution in [2.24, 2.45) is 0 Å². The first-order valence-corrected chi connectivity index (χ1v) is 3.54. The molecule has 0 aromatic rings. The molecule has 1 atom stereocenters. The molecule has 56 valence electrons. The van der Waals surface area contributed by atoms with Gasteiger partial charge in [-0.3, -0.25) is 0 Å². The van der Waals surface area contributed by atoms with E-state index in [4.69, 9.17) is 21.1 Å². The second-order valence-corrected chi connectivity index (χ2v) is 2.23. The normalized spacial score (nSPS) is 13.7. The van der Waals surface area contributed by atoms with Gasteiger partial charge in [0.15, 0.2) is 0 Å². The van der Waals surface area contributed by atoms with Crippen molar-refractivity contribution >= 4 is 11.6 Å². The van der Waals surface area contributed by atoms with Crippen LogP contribution < -0.4 is 0 Å². The van der Waals surface area contributed by atoms with E-state index in [0.717, 1.165) is 6.61 Å². The van der Waals surface area contributed by atoms with Gasteiger partial charge in [-0.1, -0.05) is 11.6 Å². The average Bonchev–Trinajstić information content (AvgIpc) is 1.80. The van der Waals surface area contributed by atoms with Crippen LogP contribution >= 0.6 is 11.6 Å². The van der Waals surface area contributed by atoms with Crippen LogP contribution in [0.4, 0.5) is 0 Å². The molecule has 0 rings (SSSR count). The van der Waals surface area contributed by atoms with Gasteiger partial charge in [-0.2, -0.15) is 0 Å². The maximum atomic E-state index is 5.48. The lowest BCUT2D eigenvalue weighted by Gasteiger charge is -2.04. The molecule has 3 heteroatoms. The molecule has 0 spiro atoms. The lowest BCUT2D eigenvalue weighted by atomic mass is 10.7. The fraction of sp³-hybridized carbons (Fsp3) is 1.00. The van der Waals surface area contributed by atoms with E-state index >= 15 is 0 Å². The number of rotatable bonds is 5. The number of halogens is 1. The molecule has 0 bridgehead atoms. The molecule has 0 fully saturated rings. The van der Waals surface area contributed by atoms with Gasteiger partial charge in [0, 0.05) is 6.61 Å². The largest absolute Gasteiger partial charge is 0.379 e. The monoisotopic (exact) mass is 152 g/mol. The van der Waals surface area contributed by atoms with Crippen molar-refractivity contribution in [3.05, 3.63) is 0 Å². The van der Waals surface area contributed by atoms with E-state index < -0.39 is 0 Å². The maximum Gasteiger partial charge on any atom is 0.128 e. The van der Waals surface area contributed by atoms with Crippen LogP contribution in [0.5, 0.6) is 0 Å². The summed E-state index contributed by atoms with van der Waals surface area (Å²) in [5.74, 6) is 0. The molecule has 9 heavy (non-hydrogen) atoms. The first-order chi connectivity index (χ1) is 4.27. The summed E-state index contributed by atoms with van der Waals surface area (Å²) in [4.78, 5) is 0. The summed E-state index contributed by atoms with van der Waals surface area (Å²) in [5.41, 5.74) is -0.203. The van der Waals surface area contributed by atoms with Crippen molar-refractivity contribution in [2.75, 3.05) is 19.8 Å². The minimum Gasteiger partial charge on any atom is -0.379 e. The second-order valence-electron chi connectivity index (χ2n) is 1.61. The average molecular weight is 153 g/mol. The Balaban J connectivity index is 2.75. The lowest BCUT2D eigenvalue weighted by Crippen LogP contribution is -2.07. The Labute approximate surface area is 61.1 Å². The molecule has 0 radical (unpaired) electrons. The summed E-state index contributed by atoms with van der Waals surface area (Å²) in [6.45, 7) is 5.68. The fourth-order valence-corrected chi connectivity index (χ4v) is 0.503. The molecule has 0 aromatic heterocycles. The third kappa shape index (κ3) is 8.21. The zero-order chi connectivity index (χ0) is 7.11.